The molecule has 2 atom stereocenters. The van der Waals surface area contributed by atoms with Gasteiger partial charge in [-0.25, -0.2) is 13.2 Å². The molecule has 0 saturated carbocycles. The van der Waals surface area contributed by atoms with Gasteiger partial charge in [0.1, 0.15) is 0 Å². The van der Waals surface area contributed by atoms with Crippen LogP contribution in [0.2, 0.25) is 5.02 Å². The van der Waals surface area contributed by atoms with Gasteiger partial charge in [-0.3, -0.25) is 0 Å². The minimum atomic E-state index is -3.84. The molecule has 0 heterocycles. The van der Waals surface area contributed by atoms with Crippen molar-refractivity contribution in [1.82, 2.24) is 5.32 Å². The van der Waals surface area contributed by atoms with Gasteiger partial charge in [-0.15, -0.1) is 0 Å². The molecule has 0 aromatic heterocycles. The predicted octanol–water partition coefficient (Wildman–Crippen LogP) is 4.83. The van der Waals surface area contributed by atoms with E-state index in [0.717, 1.165) is 22.8 Å². The highest BCUT2D eigenvalue weighted by atomic mass is 35.5. The van der Waals surface area contributed by atoms with Gasteiger partial charge in [-0.05, 0) is 73.4 Å². The number of hydrogen-bond donors (Lipinski definition) is 3. The van der Waals surface area contributed by atoms with E-state index in [1.54, 1.807) is 54.6 Å². The minimum absolute atomic E-state index is 0.0381. The van der Waals surface area contributed by atoms with Crippen LogP contribution >= 0.6 is 11.6 Å². The highest BCUT2D eigenvalue weighted by Crippen LogP contribution is 2.26. The molecule has 0 aliphatic rings. The summed E-state index contributed by atoms with van der Waals surface area (Å²) in [5.74, 6) is -1.15. The lowest BCUT2D eigenvalue weighted by molar-refractivity contribution is -0.131. The molecular formula is C27H28ClNO5S. The number of sulfone groups is 1. The number of aliphatic hydroxyl groups excluding tert-OH is 1. The molecule has 8 heteroatoms. The van der Waals surface area contributed by atoms with Gasteiger partial charge in [-0.2, -0.15) is 0 Å². The van der Waals surface area contributed by atoms with Gasteiger partial charge in [0.2, 0.25) is 9.84 Å². The van der Waals surface area contributed by atoms with Gasteiger partial charge in [0.15, 0.2) is 0 Å². The first-order valence-electron chi connectivity index (χ1n) is 11.1. The zero-order chi connectivity index (χ0) is 25.6. The standard InChI is InChI=1S/C27H28ClNO5S/c1-18-6-12-26(22(14-18)9-13-27(31)32)35(33,34)24-10-7-20(8-11-24)15-19(2)29-17-25(30)21-4-3-5-23(28)16-21/h3-14,16,19,25,29-30H,15,17H2,1-2H3,(H,31,32)/t19-,25+/m1/s1. The second kappa shape index (κ2) is 11.6. The van der Waals surface area contributed by atoms with Crippen molar-refractivity contribution in [3.63, 3.8) is 0 Å². The molecule has 184 valence electrons. The highest BCUT2D eigenvalue weighted by molar-refractivity contribution is 7.91. The first-order chi connectivity index (χ1) is 16.6. The number of aryl methyl sites for hydroxylation is 1. The molecule has 0 fully saturated rings. The Balaban J connectivity index is 1.69. The van der Waals surface area contributed by atoms with Crippen LogP contribution in [0.1, 0.15) is 35.3 Å². The fourth-order valence-corrected chi connectivity index (χ4v) is 5.34. The maximum Gasteiger partial charge on any atom is 0.328 e. The summed E-state index contributed by atoms with van der Waals surface area (Å²) >= 11 is 5.99. The van der Waals surface area contributed by atoms with Gasteiger partial charge in [-0.1, -0.05) is 53.6 Å². The third-order valence-electron chi connectivity index (χ3n) is 5.53. The lowest BCUT2D eigenvalue weighted by atomic mass is 10.1. The molecule has 0 bridgehead atoms. The molecular weight excluding hydrogens is 486 g/mol. The molecule has 3 aromatic rings. The van der Waals surface area contributed by atoms with Gasteiger partial charge in [0, 0.05) is 23.7 Å². The summed E-state index contributed by atoms with van der Waals surface area (Å²) in [5, 5.41) is 23.2. The van der Waals surface area contributed by atoms with Crippen LogP contribution in [0.25, 0.3) is 6.08 Å². The van der Waals surface area contributed by atoms with Crippen molar-refractivity contribution in [2.75, 3.05) is 6.54 Å². The second-order valence-electron chi connectivity index (χ2n) is 8.44. The van der Waals surface area contributed by atoms with Gasteiger partial charge in [0.25, 0.3) is 0 Å². The molecule has 3 aromatic carbocycles. The lowest BCUT2D eigenvalue weighted by Gasteiger charge is -2.18. The Bertz CT molecular complexity index is 1320. The molecule has 0 saturated heterocycles. The van der Waals surface area contributed by atoms with E-state index in [1.165, 1.54) is 12.1 Å². The van der Waals surface area contributed by atoms with E-state index < -0.39 is 21.9 Å². The average molecular weight is 514 g/mol. The first kappa shape index (κ1) is 26.6. The number of rotatable bonds is 10. The highest BCUT2D eigenvalue weighted by Gasteiger charge is 2.21. The monoisotopic (exact) mass is 513 g/mol. The van der Waals surface area contributed by atoms with Crippen molar-refractivity contribution >= 4 is 33.5 Å². The van der Waals surface area contributed by atoms with E-state index in [1.807, 2.05) is 19.9 Å². The summed E-state index contributed by atoms with van der Waals surface area (Å²) < 4.78 is 26.5. The van der Waals surface area contributed by atoms with E-state index >= 15 is 0 Å². The Kier molecular flexibility index (Phi) is 8.86. The molecule has 35 heavy (non-hydrogen) atoms. The quantitative estimate of drug-likeness (QED) is 0.335. The zero-order valence-electron chi connectivity index (χ0n) is 19.5. The van der Waals surface area contributed by atoms with E-state index in [0.29, 0.717) is 23.6 Å². The number of carbonyl (C=O) groups is 1. The molecule has 0 radical (unpaired) electrons. The van der Waals surface area contributed by atoms with Crippen LogP contribution in [0, 0.1) is 6.92 Å². The fourth-order valence-electron chi connectivity index (χ4n) is 3.71. The second-order valence-corrected chi connectivity index (χ2v) is 10.8. The van der Waals surface area contributed by atoms with Gasteiger partial charge >= 0.3 is 5.97 Å². The third-order valence-corrected chi connectivity index (χ3v) is 7.61. The van der Waals surface area contributed by atoms with Gasteiger partial charge < -0.3 is 15.5 Å². The average Bonchev–Trinajstić information content (AvgIpc) is 2.81. The Labute approximate surface area is 210 Å². The SMILES string of the molecule is Cc1ccc(S(=O)(=O)c2ccc(C[C@@H](C)NC[C@H](O)c3cccc(Cl)c3)cc2)c(C=CC(=O)O)c1. The van der Waals surface area contributed by atoms with E-state index in [4.69, 9.17) is 16.7 Å². The first-order valence-corrected chi connectivity index (χ1v) is 12.9. The number of hydrogen-bond acceptors (Lipinski definition) is 5. The number of nitrogens with one attached hydrogen (secondary N) is 1. The molecule has 0 aliphatic heterocycles. The van der Waals surface area contributed by atoms with Crippen LogP contribution in [-0.4, -0.2) is 37.2 Å². The summed E-state index contributed by atoms with van der Waals surface area (Å²) in [4.78, 5) is 11.1. The van der Waals surface area contributed by atoms with E-state index in [9.17, 15) is 18.3 Å². The number of benzene rings is 3. The molecule has 3 N–H and O–H groups in total. The van der Waals surface area contributed by atoms with Crippen molar-refractivity contribution in [1.29, 1.82) is 0 Å². The van der Waals surface area contributed by atoms with Crippen LogP contribution in [0.5, 0.6) is 0 Å². The Morgan fingerprint density at radius 3 is 2.46 bits per heavy atom. The molecule has 3 rings (SSSR count). The van der Waals surface area contributed by atoms with E-state index in [2.05, 4.69) is 5.32 Å². The Morgan fingerprint density at radius 1 is 1.09 bits per heavy atom. The summed E-state index contributed by atoms with van der Waals surface area (Å²) in [6, 6.07) is 18.6. The number of halogens is 1. The van der Waals surface area contributed by atoms with Crippen LogP contribution in [0.3, 0.4) is 0 Å². The Morgan fingerprint density at radius 2 is 1.80 bits per heavy atom. The fraction of sp³-hybridized carbons (Fsp3) is 0.222. The lowest BCUT2D eigenvalue weighted by Crippen LogP contribution is -2.32. The maximum atomic E-state index is 13.2. The summed E-state index contributed by atoms with van der Waals surface area (Å²) in [7, 11) is -3.84. The van der Waals surface area contributed by atoms with E-state index in [-0.39, 0.29) is 15.8 Å². The number of carboxylic acid groups (broad SMARTS) is 1. The summed E-state index contributed by atoms with van der Waals surface area (Å²) in [6.45, 7) is 4.16. The molecule has 0 unspecified atom stereocenters. The van der Waals surface area contributed by atoms with Gasteiger partial charge in [0.05, 0.1) is 15.9 Å². The number of carboxylic acids is 1. The Hall–Kier alpha value is -2.97. The summed E-state index contributed by atoms with van der Waals surface area (Å²) in [5.41, 5.74) is 2.83. The molecule has 0 amide bonds. The van der Waals surface area contributed by atoms with Crippen LogP contribution < -0.4 is 5.32 Å². The van der Waals surface area contributed by atoms with Crippen LogP contribution in [-0.2, 0) is 21.1 Å². The molecule has 6 nitrogen and oxygen atoms in total. The normalized spacial score (nSPS) is 13.6. The summed E-state index contributed by atoms with van der Waals surface area (Å²) in [6.07, 6.45) is 2.17. The van der Waals surface area contributed by atoms with Crippen molar-refractivity contribution in [2.24, 2.45) is 0 Å². The zero-order valence-corrected chi connectivity index (χ0v) is 21.1. The third kappa shape index (κ3) is 7.26. The predicted molar refractivity (Wildman–Crippen MR) is 137 cm³/mol. The minimum Gasteiger partial charge on any atom is -0.478 e. The maximum absolute atomic E-state index is 13.2. The largest absolute Gasteiger partial charge is 0.478 e. The molecule has 0 spiro atoms. The molecule has 0 aliphatic carbocycles. The topological polar surface area (TPSA) is 104 Å². The number of aliphatic hydroxyl groups is 1. The van der Waals surface area contributed by atoms with Crippen molar-refractivity contribution < 1.29 is 23.4 Å². The smallest absolute Gasteiger partial charge is 0.328 e. The van der Waals surface area contributed by atoms with Crippen molar-refractivity contribution in [3.8, 4) is 0 Å². The van der Waals surface area contributed by atoms with Crippen molar-refractivity contribution in [2.45, 2.75) is 42.2 Å². The van der Waals surface area contributed by atoms with Crippen LogP contribution in [0.4, 0.5) is 0 Å². The van der Waals surface area contributed by atoms with Crippen LogP contribution in [0.15, 0.2) is 82.6 Å². The van der Waals surface area contributed by atoms with Crippen molar-refractivity contribution in [3.05, 3.63) is 100 Å². The number of aliphatic carboxylic acids is 1.